The van der Waals surface area contributed by atoms with Gasteiger partial charge in [-0.25, -0.2) is 0 Å². The first-order valence-corrected chi connectivity index (χ1v) is 7.78. The monoisotopic (exact) mass is 329 g/mol. The maximum absolute atomic E-state index is 5.94. The largest absolute Gasteiger partial charge is 0.489 e. The Labute approximate surface area is 142 Å². The summed E-state index contributed by atoms with van der Waals surface area (Å²) < 4.78 is 5.69. The maximum Gasteiger partial charge on any atom is 0.119 e. The standard InChI is InChI=1S/C19H20ClNO2/c1-4-14(2)13-23-18-11-7-16(8-12-18)19(21-22-3)15-5-9-17(20)10-6-15/h5-12H,2,4,13H2,1,3H3/b21-19-. The topological polar surface area (TPSA) is 30.8 Å². The van der Waals surface area contributed by atoms with Gasteiger partial charge in [-0.15, -0.1) is 0 Å². The van der Waals surface area contributed by atoms with E-state index in [1.54, 1.807) is 0 Å². The molecule has 0 radical (unpaired) electrons. The molecule has 0 bridgehead atoms. The number of oxime groups is 1. The quantitative estimate of drug-likeness (QED) is 0.403. The van der Waals surface area contributed by atoms with Crippen LogP contribution in [0.5, 0.6) is 5.75 Å². The first kappa shape index (κ1) is 17.1. The molecule has 4 heteroatoms. The lowest BCUT2D eigenvalue weighted by atomic mass is 10.0. The third-order valence-corrected chi connectivity index (χ3v) is 3.62. The van der Waals surface area contributed by atoms with Crippen molar-refractivity contribution in [3.8, 4) is 5.75 Å². The number of rotatable bonds is 7. The van der Waals surface area contributed by atoms with Crippen LogP contribution in [0.1, 0.15) is 24.5 Å². The number of nitrogens with zero attached hydrogens (tertiary/aromatic N) is 1. The summed E-state index contributed by atoms with van der Waals surface area (Å²) in [6, 6.07) is 15.2. The van der Waals surface area contributed by atoms with E-state index in [9.17, 15) is 0 Å². The zero-order chi connectivity index (χ0) is 16.7. The minimum atomic E-state index is 0.534. The van der Waals surface area contributed by atoms with E-state index in [-0.39, 0.29) is 0 Å². The Kier molecular flexibility index (Phi) is 6.24. The number of benzene rings is 2. The van der Waals surface area contributed by atoms with Crippen molar-refractivity contribution in [1.29, 1.82) is 0 Å². The molecule has 0 N–H and O–H groups in total. The van der Waals surface area contributed by atoms with Crippen molar-refractivity contribution < 1.29 is 9.57 Å². The van der Waals surface area contributed by atoms with E-state index in [1.807, 2.05) is 48.5 Å². The molecule has 0 saturated carbocycles. The fourth-order valence-electron chi connectivity index (χ4n) is 1.97. The van der Waals surface area contributed by atoms with Gasteiger partial charge in [-0.2, -0.15) is 0 Å². The molecule has 120 valence electrons. The molecule has 0 unspecified atom stereocenters. The molecule has 2 rings (SSSR count). The molecule has 0 heterocycles. The van der Waals surface area contributed by atoms with Crippen LogP contribution in [-0.4, -0.2) is 19.4 Å². The molecule has 2 aromatic rings. The number of hydrogen-bond donors (Lipinski definition) is 0. The van der Waals surface area contributed by atoms with Crippen molar-refractivity contribution in [3.05, 3.63) is 76.8 Å². The lowest BCUT2D eigenvalue weighted by Crippen LogP contribution is -2.04. The molecule has 0 saturated heterocycles. The van der Waals surface area contributed by atoms with Crippen LogP contribution in [0.15, 0.2) is 65.8 Å². The second-order valence-corrected chi connectivity index (χ2v) is 5.48. The molecular weight excluding hydrogens is 310 g/mol. The van der Waals surface area contributed by atoms with Crippen molar-refractivity contribution in [2.24, 2.45) is 5.16 Å². The predicted molar refractivity (Wildman–Crippen MR) is 95.5 cm³/mol. The van der Waals surface area contributed by atoms with Crippen molar-refractivity contribution >= 4 is 17.3 Å². The molecule has 0 aliphatic rings. The Balaban J connectivity index is 2.19. The summed E-state index contributed by atoms with van der Waals surface area (Å²) in [5.41, 5.74) is 3.69. The van der Waals surface area contributed by atoms with Gasteiger partial charge in [0.2, 0.25) is 0 Å². The van der Waals surface area contributed by atoms with Crippen LogP contribution in [0.25, 0.3) is 0 Å². The first-order chi connectivity index (χ1) is 11.1. The summed E-state index contributed by atoms with van der Waals surface area (Å²) in [6.07, 6.45) is 0.916. The molecule has 2 aromatic carbocycles. The van der Waals surface area contributed by atoms with Gasteiger partial charge < -0.3 is 9.57 Å². The average Bonchev–Trinajstić information content (AvgIpc) is 2.59. The minimum Gasteiger partial charge on any atom is -0.489 e. The lowest BCUT2D eigenvalue weighted by Gasteiger charge is -2.10. The molecule has 0 aliphatic carbocycles. The zero-order valence-electron chi connectivity index (χ0n) is 13.4. The van der Waals surface area contributed by atoms with Gasteiger partial charge in [-0.1, -0.05) is 42.4 Å². The van der Waals surface area contributed by atoms with Gasteiger partial charge in [-0.05, 0) is 48.4 Å². The normalized spacial score (nSPS) is 11.2. The van der Waals surface area contributed by atoms with E-state index in [4.69, 9.17) is 21.2 Å². The second kappa shape index (κ2) is 8.39. The molecule has 0 atom stereocenters. The lowest BCUT2D eigenvalue weighted by molar-refractivity contribution is 0.214. The van der Waals surface area contributed by atoms with Crippen LogP contribution < -0.4 is 4.74 Å². The summed E-state index contributed by atoms with van der Waals surface area (Å²) in [5, 5.41) is 4.82. The van der Waals surface area contributed by atoms with E-state index in [2.05, 4.69) is 18.7 Å². The van der Waals surface area contributed by atoms with Gasteiger partial charge >= 0.3 is 0 Å². The zero-order valence-corrected chi connectivity index (χ0v) is 14.1. The smallest absolute Gasteiger partial charge is 0.119 e. The molecule has 0 amide bonds. The van der Waals surface area contributed by atoms with Crippen LogP contribution in [0, 0.1) is 0 Å². The Morgan fingerprint density at radius 3 is 2.13 bits per heavy atom. The second-order valence-electron chi connectivity index (χ2n) is 5.05. The van der Waals surface area contributed by atoms with Crippen LogP contribution >= 0.6 is 11.6 Å². The highest BCUT2D eigenvalue weighted by Crippen LogP contribution is 2.18. The van der Waals surface area contributed by atoms with E-state index < -0.39 is 0 Å². The van der Waals surface area contributed by atoms with E-state index >= 15 is 0 Å². The van der Waals surface area contributed by atoms with Gasteiger partial charge in [0.15, 0.2) is 0 Å². The third-order valence-electron chi connectivity index (χ3n) is 3.37. The molecule has 3 nitrogen and oxygen atoms in total. The number of ether oxygens (including phenoxy) is 1. The van der Waals surface area contributed by atoms with E-state index in [1.165, 1.54) is 7.11 Å². The van der Waals surface area contributed by atoms with Crippen LogP contribution in [0.4, 0.5) is 0 Å². The number of halogens is 1. The molecule has 0 aliphatic heterocycles. The molecule has 0 spiro atoms. The SMILES string of the molecule is C=C(CC)COc1ccc(/C(=N\OC)c2ccc(Cl)cc2)cc1. The minimum absolute atomic E-state index is 0.534. The third kappa shape index (κ3) is 4.86. The number of hydrogen-bond acceptors (Lipinski definition) is 3. The Morgan fingerprint density at radius 2 is 1.61 bits per heavy atom. The maximum atomic E-state index is 5.94. The summed E-state index contributed by atoms with van der Waals surface area (Å²) in [5.74, 6) is 0.802. The Morgan fingerprint density at radius 1 is 1.04 bits per heavy atom. The highest BCUT2D eigenvalue weighted by atomic mass is 35.5. The fraction of sp³-hybridized carbons (Fsp3) is 0.211. The first-order valence-electron chi connectivity index (χ1n) is 7.41. The van der Waals surface area contributed by atoms with Crippen LogP contribution in [0.3, 0.4) is 0 Å². The van der Waals surface area contributed by atoms with Crippen LogP contribution in [0.2, 0.25) is 5.02 Å². The molecule has 23 heavy (non-hydrogen) atoms. The summed E-state index contributed by atoms with van der Waals surface area (Å²) >= 11 is 5.94. The van der Waals surface area contributed by atoms with E-state index in [0.29, 0.717) is 11.6 Å². The van der Waals surface area contributed by atoms with Gasteiger partial charge in [0.05, 0.1) is 0 Å². The van der Waals surface area contributed by atoms with E-state index in [0.717, 1.165) is 34.6 Å². The van der Waals surface area contributed by atoms with Crippen molar-refractivity contribution in [1.82, 2.24) is 0 Å². The Hall–Kier alpha value is -2.26. The highest BCUT2D eigenvalue weighted by Gasteiger charge is 2.08. The Bertz CT molecular complexity index is 676. The van der Waals surface area contributed by atoms with Gasteiger partial charge in [0.25, 0.3) is 0 Å². The molecule has 0 fully saturated rings. The highest BCUT2D eigenvalue weighted by molar-refractivity contribution is 6.30. The molecular formula is C19H20ClNO2. The fourth-order valence-corrected chi connectivity index (χ4v) is 2.09. The van der Waals surface area contributed by atoms with Crippen molar-refractivity contribution in [3.63, 3.8) is 0 Å². The summed E-state index contributed by atoms with van der Waals surface area (Å²) in [7, 11) is 1.53. The predicted octanol–water partition coefficient (Wildman–Crippen LogP) is 5.08. The van der Waals surface area contributed by atoms with Gasteiger partial charge in [-0.3, -0.25) is 0 Å². The average molecular weight is 330 g/mol. The van der Waals surface area contributed by atoms with Gasteiger partial charge in [0.1, 0.15) is 25.2 Å². The van der Waals surface area contributed by atoms with Crippen molar-refractivity contribution in [2.45, 2.75) is 13.3 Å². The van der Waals surface area contributed by atoms with Crippen LogP contribution in [-0.2, 0) is 4.84 Å². The molecule has 0 aromatic heterocycles. The summed E-state index contributed by atoms with van der Waals surface area (Å²) in [4.78, 5) is 4.98. The summed E-state index contributed by atoms with van der Waals surface area (Å²) in [6.45, 7) is 6.53. The van der Waals surface area contributed by atoms with Crippen molar-refractivity contribution in [2.75, 3.05) is 13.7 Å². The van der Waals surface area contributed by atoms with Gasteiger partial charge in [0, 0.05) is 16.1 Å².